The van der Waals surface area contributed by atoms with Gasteiger partial charge in [-0.1, -0.05) is 18.2 Å². The molecule has 0 saturated heterocycles. The second-order valence-electron chi connectivity index (χ2n) is 5.76. The third kappa shape index (κ3) is 2.98. The van der Waals surface area contributed by atoms with Crippen molar-refractivity contribution in [1.82, 2.24) is 14.5 Å². The van der Waals surface area contributed by atoms with Gasteiger partial charge in [0.05, 0.1) is 17.4 Å². The first-order chi connectivity index (χ1) is 10.9. The van der Waals surface area contributed by atoms with Gasteiger partial charge in [0.15, 0.2) is 0 Å². The van der Waals surface area contributed by atoms with E-state index in [0.29, 0.717) is 31.0 Å². The van der Waals surface area contributed by atoms with Crippen molar-refractivity contribution in [3.05, 3.63) is 41.2 Å². The zero-order valence-corrected chi connectivity index (χ0v) is 14.4. The van der Waals surface area contributed by atoms with Gasteiger partial charge < -0.3 is 4.74 Å². The van der Waals surface area contributed by atoms with Crippen LogP contribution in [0.25, 0.3) is 0 Å². The summed E-state index contributed by atoms with van der Waals surface area (Å²) < 4.78 is 35.7. The highest BCUT2D eigenvalue weighted by atomic mass is 32.2. The highest BCUT2D eigenvalue weighted by molar-refractivity contribution is 7.89. The fraction of sp³-hybridized carbons (Fsp3) is 0.438. The summed E-state index contributed by atoms with van der Waals surface area (Å²) in [6, 6.07) is 7.42. The zero-order chi connectivity index (χ0) is 16.6. The van der Waals surface area contributed by atoms with Gasteiger partial charge in [-0.15, -0.1) is 0 Å². The van der Waals surface area contributed by atoms with Crippen LogP contribution in [0.15, 0.2) is 29.2 Å². The summed E-state index contributed by atoms with van der Waals surface area (Å²) in [5.74, 6) is 0.828. The van der Waals surface area contributed by atoms with E-state index in [4.69, 9.17) is 4.74 Å². The van der Waals surface area contributed by atoms with Crippen molar-refractivity contribution in [3.8, 4) is 5.75 Å². The lowest BCUT2D eigenvalue weighted by Gasteiger charge is -2.25. The topological polar surface area (TPSA) is 73.2 Å². The number of aryl methyl sites for hydroxylation is 2. The Bertz CT molecular complexity index is 827. The molecule has 0 amide bonds. The summed E-state index contributed by atoms with van der Waals surface area (Å²) >= 11 is 0. The largest absolute Gasteiger partial charge is 0.492 e. The SMILES string of the molecule is CCn1nc(C)c(S(=O)(=O)NC2COc3ccccc3C2)c1C. The second-order valence-corrected chi connectivity index (χ2v) is 7.41. The number of nitrogens with one attached hydrogen (secondary N) is 1. The Morgan fingerprint density at radius 2 is 2.09 bits per heavy atom. The van der Waals surface area contributed by atoms with Crippen LogP contribution >= 0.6 is 0 Å². The molecule has 2 aromatic rings. The lowest BCUT2D eigenvalue weighted by molar-refractivity contribution is 0.254. The molecule has 0 aliphatic carbocycles. The number of sulfonamides is 1. The van der Waals surface area contributed by atoms with Gasteiger partial charge in [0.1, 0.15) is 17.3 Å². The minimum Gasteiger partial charge on any atom is -0.492 e. The molecular weight excluding hydrogens is 314 g/mol. The molecule has 0 radical (unpaired) electrons. The summed E-state index contributed by atoms with van der Waals surface area (Å²) in [5, 5.41) is 4.29. The van der Waals surface area contributed by atoms with Gasteiger partial charge in [-0.25, -0.2) is 13.1 Å². The Morgan fingerprint density at radius 3 is 2.78 bits per heavy atom. The summed E-state index contributed by atoms with van der Waals surface area (Å²) in [4.78, 5) is 0.276. The van der Waals surface area contributed by atoms with Gasteiger partial charge in [-0.3, -0.25) is 4.68 Å². The molecule has 1 aliphatic heterocycles. The van der Waals surface area contributed by atoms with E-state index < -0.39 is 10.0 Å². The molecule has 1 N–H and O–H groups in total. The Kier molecular flexibility index (Phi) is 4.16. The molecule has 3 rings (SSSR count). The second kappa shape index (κ2) is 5.98. The Morgan fingerprint density at radius 1 is 1.35 bits per heavy atom. The number of para-hydroxylation sites is 1. The standard InChI is InChI=1S/C16H21N3O3S/c1-4-19-12(3)16(11(2)17-19)23(20,21)18-14-9-13-7-5-6-8-15(13)22-10-14/h5-8,14,18H,4,9-10H2,1-3H3. The third-order valence-corrected chi connectivity index (χ3v) is 5.86. The molecule has 0 fully saturated rings. The van der Waals surface area contributed by atoms with Crippen molar-refractivity contribution >= 4 is 10.0 Å². The predicted octanol–water partition coefficient (Wildman–Crippen LogP) is 1.80. The number of benzene rings is 1. The third-order valence-electron chi connectivity index (χ3n) is 4.08. The minimum absolute atomic E-state index is 0.276. The summed E-state index contributed by atoms with van der Waals surface area (Å²) in [7, 11) is -3.63. The molecule has 124 valence electrons. The van der Waals surface area contributed by atoms with E-state index in [1.807, 2.05) is 31.2 Å². The van der Waals surface area contributed by atoms with E-state index in [-0.39, 0.29) is 10.9 Å². The molecule has 0 spiro atoms. The van der Waals surface area contributed by atoms with Crippen LogP contribution in [0.4, 0.5) is 0 Å². The van der Waals surface area contributed by atoms with E-state index in [1.165, 1.54) is 0 Å². The normalized spacial score (nSPS) is 17.6. The molecule has 0 bridgehead atoms. The zero-order valence-electron chi connectivity index (χ0n) is 13.5. The number of hydrogen-bond acceptors (Lipinski definition) is 4. The maximum atomic E-state index is 12.8. The van der Waals surface area contributed by atoms with Crippen molar-refractivity contribution in [1.29, 1.82) is 0 Å². The predicted molar refractivity (Wildman–Crippen MR) is 87.1 cm³/mol. The van der Waals surface area contributed by atoms with Crippen molar-refractivity contribution in [2.45, 2.75) is 44.7 Å². The lowest BCUT2D eigenvalue weighted by Crippen LogP contribution is -2.42. The number of ether oxygens (including phenoxy) is 1. The van der Waals surface area contributed by atoms with Crippen LogP contribution in [0.3, 0.4) is 0 Å². The van der Waals surface area contributed by atoms with E-state index in [2.05, 4.69) is 9.82 Å². The molecule has 1 aromatic heterocycles. The molecule has 7 heteroatoms. The van der Waals surface area contributed by atoms with Crippen LogP contribution in [0, 0.1) is 13.8 Å². The molecule has 6 nitrogen and oxygen atoms in total. The average Bonchev–Trinajstić information content (AvgIpc) is 2.81. The van der Waals surface area contributed by atoms with Crippen molar-refractivity contribution < 1.29 is 13.2 Å². The Labute approximate surface area is 136 Å². The number of hydrogen-bond donors (Lipinski definition) is 1. The lowest BCUT2D eigenvalue weighted by atomic mass is 10.0. The molecule has 1 aromatic carbocycles. The number of fused-ring (bicyclic) bond motifs is 1. The monoisotopic (exact) mass is 335 g/mol. The number of rotatable bonds is 4. The van der Waals surface area contributed by atoms with Gasteiger partial charge in [0.2, 0.25) is 10.0 Å². The minimum atomic E-state index is -3.63. The van der Waals surface area contributed by atoms with Crippen LogP contribution in [-0.4, -0.2) is 30.8 Å². The van der Waals surface area contributed by atoms with Crippen molar-refractivity contribution in [2.24, 2.45) is 0 Å². The van der Waals surface area contributed by atoms with Crippen molar-refractivity contribution in [3.63, 3.8) is 0 Å². The quantitative estimate of drug-likeness (QED) is 0.925. The van der Waals surface area contributed by atoms with Gasteiger partial charge >= 0.3 is 0 Å². The summed E-state index contributed by atoms with van der Waals surface area (Å²) in [6.45, 7) is 6.42. The van der Waals surface area contributed by atoms with Crippen LogP contribution in [-0.2, 0) is 23.0 Å². The van der Waals surface area contributed by atoms with Crippen LogP contribution in [0.1, 0.15) is 23.9 Å². The number of aromatic nitrogens is 2. The summed E-state index contributed by atoms with van der Waals surface area (Å²) in [6.07, 6.45) is 0.620. The Hall–Kier alpha value is -1.86. The fourth-order valence-electron chi connectivity index (χ4n) is 3.06. The molecular formula is C16H21N3O3S. The average molecular weight is 335 g/mol. The first kappa shape index (κ1) is 16.0. The maximum Gasteiger partial charge on any atom is 0.244 e. The van der Waals surface area contributed by atoms with Gasteiger partial charge in [0, 0.05) is 6.54 Å². The van der Waals surface area contributed by atoms with Crippen LogP contribution in [0.5, 0.6) is 5.75 Å². The summed E-state index contributed by atoms with van der Waals surface area (Å²) in [5.41, 5.74) is 2.20. The van der Waals surface area contributed by atoms with Crippen LogP contribution in [0.2, 0.25) is 0 Å². The highest BCUT2D eigenvalue weighted by Crippen LogP contribution is 2.25. The smallest absolute Gasteiger partial charge is 0.244 e. The van der Waals surface area contributed by atoms with Gasteiger partial charge in [-0.05, 0) is 38.8 Å². The van der Waals surface area contributed by atoms with E-state index >= 15 is 0 Å². The van der Waals surface area contributed by atoms with E-state index in [1.54, 1.807) is 18.5 Å². The van der Waals surface area contributed by atoms with E-state index in [0.717, 1.165) is 11.3 Å². The van der Waals surface area contributed by atoms with Crippen molar-refractivity contribution in [2.75, 3.05) is 6.61 Å². The molecule has 0 saturated carbocycles. The maximum absolute atomic E-state index is 12.8. The fourth-order valence-corrected chi connectivity index (χ4v) is 4.69. The molecule has 2 heterocycles. The van der Waals surface area contributed by atoms with Gasteiger partial charge in [-0.2, -0.15) is 5.10 Å². The highest BCUT2D eigenvalue weighted by Gasteiger charge is 2.29. The molecule has 1 atom stereocenters. The van der Waals surface area contributed by atoms with Gasteiger partial charge in [0.25, 0.3) is 0 Å². The first-order valence-electron chi connectivity index (χ1n) is 7.69. The number of nitrogens with zero attached hydrogens (tertiary/aromatic N) is 2. The van der Waals surface area contributed by atoms with Crippen LogP contribution < -0.4 is 9.46 Å². The first-order valence-corrected chi connectivity index (χ1v) is 9.17. The van der Waals surface area contributed by atoms with E-state index in [9.17, 15) is 8.42 Å². The molecule has 1 aliphatic rings. The molecule has 1 unspecified atom stereocenters. The molecule has 23 heavy (non-hydrogen) atoms. The Balaban J connectivity index is 1.84.